The van der Waals surface area contributed by atoms with Crippen molar-refractivity contribution in [2.45, 2.75) is 31.2 Å². The molecule has 0 spiro atoms. The summed E-state index contributed by atoms with van der Waals surface area (Å²) in [6.45, 7) is 0. The summed E-state index contributed by atoms with van der Waals surface area (Å²) >= 11 is 0. The quantitative estimate of drug-likeness (QED) is 0.623. The van der Waals surface area contributed by atoms with Gasteiger partial charge in [0.2, 0.25) is 0 Å². The van der Waals surface area contributed by atoms with Gasteiger partial charge >= 0.3 is 0 Å². The van der Waals surface area contributed by atoms with Crippen LogP contribution in [-0.2, 0) is 23.2 Å². The Kier molecular flexibility index (Phi) is 5.52. The molecule has 0 bridgehead atoms. The van der Waals surface area contributed by atoms with E-state index in [9.17, 15) is 4.79 Å². The Hall–Kier alpha value is -3.80. The number of carbonyl (C=O) groups is 1. The number of fused-ring (bicyclic) bond motifs is 1. The molecule has 1 aliphatic heterocycles. The number of hydrogen-bond acceptors (Lipinski definition) is 5. The molecule has 0 radical (unpaired) electrons. The van der Waals surface area contributed by atoms with Crippen molar-refractivity contribution in [3.63, 3.8) is 0 Å². The molecule has 0 aromatic heterocycles. The first-order valence-electron chi connectivity index (χ1n) is 11.6. The normalized spacial score (nSPS) is 19.6. The number of aliphatic imine (C=N–C) groups is 1. The predicted molar refractivity (Wildman–Crippen MR) is 133 cm³/mol. The molecule has 0 saturated carbocycles. The van der Waals surface area contributed by atoms with Crippen LogP contribution in [0.15, 0.2) is 65.7 Å². The van der Waals surface area contributed by atoms with Crippen molar-refractivity contribution in [1.29, 1.82) is 0 Å². The molecule has 3 aromatic rings. The molecule has 0 fully saturated rings. The minimum Gasteiger partial charge on any atom is -0.497 e. The van der Waals surface area contributed by atoms with Gasteiger partial charge in [-0.3, -0.25) is 9.69 Å². The number of likely N-dealkylation sites (N-methyl/N-ethyl adjacent to an activating group) is 1. The van der Waals surface area contributed by atoms with E-state index in [4.69, 9.17) is 20.2 Å². The van der Waals surface area contributed by atoms with Crippen molar-refractivity contribution in [2.24, 2.45) is 10.7 Å². The van der Waals surface area contributed by atoms with E-state index in [2.05, 4.69) is 12.1 Å². The maximum absolute atomic E-state index is 13.8. The van der Waals surface area contributed by atoms with Gasteiger partial charge in [-0.05, 0) is 77.8 Å². The summed E-state index contributed by atoms with van der Waals surface area (Å²) in [7, 11) is 4.96. The third kappa shape index (κ3) is 3.41. The summed E-state index contributed by atoms with van der Waals surface area (Å²) in [5.74, 6) is 1.51. The molecule has 1 heterocycles. The number of guanidine groups is 1. The van der Waals surface area contributed by atoms with Crippen LogP contribution >= 0.6 is 0 Å². The highest BCUT2D eigenvalue weighted by molar-refractivity contribution is 6.09. The number of carbonyl (C=O) groups excluding carboxylic acids is 1. The maximum atomic E-state index is 13.8. The molecule has 1 unspecified atom stereocenters. The summed E-state index contributed by atoms with van der Waals surface area (Å²) < 4.78 is 11.1. The van der Waals surface area contributed by atoms with Crippen LogP contribution in [0.2, 0.25) is 0 Å². The topological polar surface area (TPSA) is 77.2 Å². The van der Waals surface area contributed by atoms with E-state index in [-0.39, 0.29) is 11.9 Å². The van der Waals surface area contributed by atoms with Gasteiger partial charge in [-0.25, -0.2) is 4.99 Å². The van der Waals surface area contributed by atoms with Gasteiger partial charge < -0.3 is 15.2 Å². The van der Waals surface area contributed by atoms with Crippen molar-refractivity contribution < 1.29 is 14.3 Å². The third-order valence-corrected chi connectivity index (χ3v) is 7.00. The van der Waals surface area contributed by atoms with Crippen LogP contribution in [-0.4, -0.2) is 38.0 Å². The molecule has 1 aliphatic carbocycles. The van der Waals surface area contributed by atoms with Gasteiger partial charge in [0.1, 0.15) is 11.5 Å². The van der Waals surface area contributed by atoms with Gasteiger partial charge in [0.15, 0.2) is 11.5 Å². The zero-order valence-electron chi connectivity index (χ0n) is 19.8. The number of amides is 1. The van der Waals surface area contributed by atoms with Crippen LogP contribution in [0, 0.1) is 0 Å². The van der Waals surface area contributed by atoms with E-state index >= 15 is 0 Å². The molecule has 1 atom stereocenters. The van der Waals surface area contributed by atoms with Gasteiger partial charge in [0.05, 0.1) is 14.2 Å². The number of benzene rings is 3. The molecule has 1 amide bonds. The molecule has 174 valence electrons. The van der Waals surface area contributed by atoms with Crippen LogP contribution in [0.1, 0.15) is 35.1 Å². The molecule has 0 saturated heterocycles. The van der Waals surface area contributed by atoms with Crippen molar-refractivity contribution in [3.8, 4) is 22.6 Å². The van der Waals surface area contributed by atoms with E-state index in [0.29, 0.717) is 0 Å². The smallest absolute Gasteiger partial charge is 0.266 e. The van der Waals surface area contributed by atoms with Crippen molar-refractivity contribution in [2.75, 3.05) is 21.3 Å². The number of aryl methyl sites for hydroxylation is 2. The third-order valence-electron chi connectivity index (χ3n) is 7.00. The zero-order chi connectivity index (χ0) is 23.9. The molecule has 6 nitrogen and oxygen atoms in total. The SMILES string of the molecule is COc1ccc(OC)c(-c2cccc(C3(c4ccc5c(c4)CCCC5)N=C(N)N(C)C3=O)c2)c1. The Labute approximate surface area is 200 Å². The molecule has 3 aromatic carbocycles. The Morgan fingerprint density at radius 1 is 0.912 bits per heavy atom. The molecule has 5 rings (SSSR count). The highest BCUT2D eigenvalue weighted by atomic mass is 16.5. The zero-order valence-corrected chi connectivity index (χ0v) is 19.8. The van der Waals surface area contributed by atoms with E-state index in [1.165, 1.54) is 22.4 Å². The van der Waals surface area contributed by atoms with Crippen LogP contribution in [0.5, 0.6) is 11.5 Å². The average Bonchev–Trinajstić information content (AvgIpc) is 3.12. The predicted octanol–water partition coefficient (Wildman–Crippen LogP) is 4.28. The fraction of sp³-hybridized carbons (Fsp3) is 0.286. The summed E-state index contributed by atoms with van der Waals surface area (Å²) in [5.41, 5.74) is 11.0. The summed E-state index contributed by atoms with van der Waals surface area (Å²) in [5, 5.41) is 0. The highest BCUT2D eigenvalue weighted by Gasteiger charge is 2.49. The second-order valence-corrected chi connectivity index (χ2v) is 8.88. The van der Waals surface area contributed by atoms with Gasteiger partial charge in [-0.2, -0.15) is 0 Å². The fourth-order valence-electron chi connectivity index (χ4n) is 5.09. The van der Waals surface area contributed by atoms with Crippen LogP contribution in [0.3, 0.4) is 0 Å². The van der Waals surface area contributed by atoms with Gasteiger partial charge in [0, 0.05) is 12.6 Å². The fourth-order valence-corrected chi connectivity index (χ4v) is 5.09. The standard InChI is InChI=1S/C28H29N3O3/c1-31-26(32)28(30-27(31)29,22-12-11-18-7-4-5-8-19(18)15-22)21-10-6-9-20(16-21)24-17-23(33-2)13-14-25(24)34-3/h6,9-17H,4-5,7-8H2,1-3H3,(H2,29,30). The minimum absolute atomic E-state index is 0.157. The number of nitrogens with zero attached hydrogens (tertiary/aromatic N) is 2. The Morgan fingerprint density at radius 2 is 1.68 bits per heavy atom. The van der Waals surface area contributed by atoms with E-state index in [1.54, 1.807) is 21.3 Å². The van der Waals surface area contributed by atoms with Gasteiger partial charge in [-0.15, -0.1) is 0 Å². The first-order chi connectivity index (χ1) is 16.5. The second-order valence-electron chi connectivity index (χ2n) is 8.88. The second kappa shape index (κ2) is 8.52. The lowest BCUT2D eigenvalue weighted by Crippen LogP contribution is -2.41. The first-order valence-corrected chi connectivity index (χ1v) is 11.6. The molecule has 2 aliphatic rings. The number of ether oxygens (including phenoxy) is 2. The van der Waals surface area contributed by atoms with Crippen molar-refractivity contribution in [3.05, 3.63) is 82.9 Å². The van der Waals surface area contributed by atoms with Crippen molar-refractivity contribution >= 4 is 11.9 Å². The Morgan fingerprint density at radius 3 is 2.38 bits per heavy atom. The lowest BCUT2D eigenvalue weighted by molar-refractivity contribution is -0.129. The summed E-state index contributed by atoms with van der Waals surface area (Å²) in [4.78, 5) is 20.0. The number of hydrogen-bond donors (Lipinski definition) is 1. The molecule has 34 heavy (non-hydrogen) atoms. The largest absolute Gasteiger partial charge is 0.497 e. The average molecular weight is 456 g/mol. The number of nitrogens with two attached hydrogens (primary N) is 1. The highest BCUT2D eigenvalue weighted by Crippen LogP contribution is 2.43. The van der Waals surface area contributed by atoms with Crippen molar-refractivity contribution in [1.82, 2.24) is 4.90 Å². The van der Waals surface area contributed by atoms with E-state index in [1.807, 2.05) is 48.5 Å². The van der Waals surface area contributed by atoms with Gasteiger partial charge in [-0.1, -0.05) is 36.4 Å². The van der Waals surface area contributed by atoms with Gasteiger partial charge in [0.25, 0.3) is 5.91 Å². The molecular formula is C28H29N3O3. The van der Waals surface area contributed by atoms with Crippen LogP contribution < -0.4 is 15.2 Å². The first kappa shape index (κ1) is 22.0. The van der Waals surface area contributed by atoms with Crippen LogP contribution in [0.25, 0.3) is 11.1 Å². The summed E-state index contributed by atoms with van der Waals surface area (Å²) in [6.07, 6.45) is 4.46. The number of methoxy groups -OCH3 is 2. The van der Waals surface area contributed by atoms with Crippen LogP contribution in [0.4, 0.5) is 0 Å². The lowest BCUT2D eigenvalue weighted by atomic mass is 9.79. The molecule has 6 heteroatoms. The van der Waals surface area contributed by atoms with E-state index in [0.717, 1.165) is 53.0 Å². The summed E-state index contributed by atoms with van der Waals surface area (Å²) in [6, 6.07) is 19.9. The number of rotatable bonds is 5. The molecular weight excluding hydrogens is 426 g/mol. The molecule has 2 N–H and O–H groups in total. The van der Waals surface area contributed by atoms with E-state index < -0.39 is 5.54 Å². The minimum atomic E-state index is -1.23. The maximum Gasteiger partial charge on any atom is 0.266 e. The Balaban J connectivity index is 1.71. The lowest BCUT2D eigenvalue weighted by Gasteiger charge is -2.28. The monoisotopic (exact) mass is 455 g/mol. The Bertz CT molecular complexity index is 1300.